The molecule has 1 aromatic carbocycles. The van der Waals surface area contributed by atoms with E-state index in [9.17, 15) is 9.59 Å². The van der Waals surface area contributed by atoms with Crippen LogP contribution in [0, 0.1) is 0 Å². The minimum Gasteiger partial charge on any atom is -0.488 e. The van der Waals surface area contributed by atoms with Crippen molar-refractivity contribution in [1.29, 1.82) is 0 Å². The molecule has 1 heterocycles. The Bertz CT molecular complexity index is 702. The van der Waals surface area contributed by atoms with Crippen LogP contribution in [0.25, 0.3) is 0 Å². The van der Waals surface area contributed by atoms with Gasteiger partial charge in [0, 0.05) is 13.1 Å². The number of carbonyl (C=O) groups is 2. The lowest BCUT2D eigenvalue weighted by atomic mass is 10.0. The van der Waals surface area contributed by atoms with Crippen LogP contribution in [0.3, 0.4) is 0 Å². The lowest BCUT2D eigenvalue weighted by Crippen LogP contribution is -2.58. The predicted octanol–water partition coefficient (Wildman–Crippen LogP) is 3.43. The van der Waals surface area contributed by atoms with Gasteiger partial charge in [-0.05, 0) is 32.9 Å². The van der Waals surface area contributed by atoms with Gasteiger partial charge < -0.3 is 9.47 Å². The van der Waals surface area contributed by atoms with Crippen molar-refractivity contribution >= 4 is 40.8 Å². The summed E-state index contributed by atoms with van der Waals surface area (Å²) in [5.41, 5.74) is -0.977. The summed E-state index contributed by atoms with van der Waals surface area (Å²) < 4.78 is 10.5. The van der Waals surface area contributed by atoms with Crippen molar-refractivity contribution in [3.63, 3.8) is 0 Å². The molecular formula is C17H20Cl2N2O4. The van der Waals surface area contributed by atoms with Gasteiger partial charge in [-0.2, -0.15) is 0 Å². The van der Waals surface area contributed by atoms with Crippen molar-refractivity contribution in [2.45, 2.75) is 26.3 Å². The monoisotopic (exact) mass is 386 g/mol. The Hall–Kier alpha value is -1.92. The van der Waals surface area contributed by atoms with Gasteiger partial charge in [-0.25, -0.2) is 9.80 Å². The molecule has 1 unspecified atom stereocenters. The maximum absolute atomic E-state index is 12.9. The zero-order chi connectivity index (χ0) is 18.8. The van der Waals surface area contributed by atoms with Crippen LogP contribution in [-0.4, -0.2) is 42.7 Å². The highest BCUT2D eigenvalue weighted by Gasteiger charge is 2.52. The van der Waals surface area contributed by atoms with Crippen LogP contribution in [0.15, 0.2) is 30.0 Å². The lowest BCUT2D eigenvalue weighted by Gasteiger charge is -2.39. The number of carbonyl (C=O) groups excluding carboxylic acids is 2. The van der Waals surface area contributed by atoms with E-state index >= 15 is 0 Å². The molecule has 1 aliphatic heterocycles. The third-order valence-corrected chi connectivity index (χ3v) is 4.41. The zero-order valence-corrected chi connectivity index (χ0v) is 16.0. The molecule has 1 aromatic rings. The molecule has 0 spiro atoms. The number of rotatable bonds is 6. The van der Waals surface area contributed by atoms with E-state index in [0.717, 1.165) is 0 Å². The Kier molecular flexibility index (Phi) is 5.85. The standard InChI is InChI=1S/C17H20Cl2N2O4/c1-5-24-13-10-17(3,16(23)25-6-2)21(15(13)22)20(4)14-11(18)8-7-9-12(14)19/h7-10H,5-6H2,1-4H3. The number of amides is 1. The summed E-state index contributed by atoms with van der Waals surface area (Å²) in [7, 11) is 1.60. The third-order valence-electron chi connectivity index (χ3n) is 3.80. The average Bonchev–Trinajstić information content (AvgIpc) is 2.79. The highest BCUT2D eigenvalue weighted by Crippen LogP contribution is 2.39. The molecule has 0 aliphatic carbocycles. The van der Waals surface area contributed by atoms with Crippen molar-refractivity contribution < 1.29 is 19.1 Å². The number of hydrazine groups is 1. The largest absolute Gasteiger partial charge is 0.488 e. The Morgan fingerprint density at radius 2 is 1.84 bits per heavy atom. The van der Waals surface area contributed by atoms with E-state index in [1.54, 1.807) is 46.0 Å². The number of nitrogens with zero attached hydrogens (tertiary/aromatic N) is 2. The first-order valence-electron chi connectivity index (χ1n) is 7.83. The molecule has 136 valence electrons. The lowest BCUT2D eigenvalue weighted by molar-refractivity contribution is -0.157. The van der Waals surface area contributed by atoms with Crippen LogP contribution in [0.4, 0.5) is 5.69 Å². The van der Waals surface area contributed by atoms with Crippen LogP contribution in [-0.2, 0) is 19.1 Å². The predicted molar refractivity (Wildman–Crippen MR) is 96.5 cm³/mol. The molecule has 0 radical (unpaired) electrons. The quantitative estimate of drug-likeness (QED) is 0.700. The number of benzene rings is 1. The summed E-state index contributed by atoms with van der Waals surface area (Å²) in [6.07, 6.45) is 1.46. The Morgan fingerprint density at radius 3 is 2.36 bits per heavy atom. The van der Waals surface area contributed by atoms with Gasteiger partial charge in [0.15, 0.2) is 11.3 Å². The minimum atomic E-state index is -1.38. The number of para-hydroxylation sites is 1. The summed E-state index contributed by atoms with van der Waals surface area (Å²) in [4.78, 5) is 25.4. The number of esters is 1. The van der Waals surface area contributed by atoms with E-state index in [4.69, 9.17) is 32.7 Å². The molecule has 0 fully saturated rings. The van der Waals surface area contributed by atoms with Crippen LogP contribution in [0.1, 0.15) is 20.8 Å². The van der Waals surface area contributed by atoms with Gasteiger partial charge >= 0.3 is 11.9 Å². The maximum Gasteiger partial charge on any atom is 0.338 e. The van der Waals surface area contributed by atoms with Gasteiger partial charge in [-0.1, -0.05) is 29.3 Å². The minimum absolute atomic E-state index is 0.0769. The molecule has 1 aliphatic rings. The van der Waals surface area contributed by atoms with Gasteiger partial charge in [0.1, 0.15) is 0 Å². The summed E-state index contributed by atoms with van der Waals surface area (Å²) in [6, 6.07) is 5.00. The number of halogens is 2. The van der Waals surface area contributed by atoms with E-state index in [-0.39, 0.29) is 12.4 Å². The smallest absolute Gasteiger partial charge is 0.338 e. The van der Waals surface area contributed by atoms with E-state index in [0.29, 0.717) is 22.3 Å². The van der Waals surface area contributed by atoms with E-state index < -0.39 is 17.4 Å². The molecule has 2 rings (SSSR count). The van der Waals surface area contributed by atoms with E-state index in [1.165, 1.54) is 16.1 Å². The van der Waals surface area contributed by atoms with Crippen molar-refractivity contribution in [3.8, 4) is 0 Å². The SMILES string of the molecule is CCOC(=O)C1(C)C=C(OCC)C(=O)N1N(C)c1c(Cl)cccc1Cl. The summed E-state index contributed by atoms with van der Waals surface area (Å²) in [5, 5.41) is 3.38. The first kappa shape index (κ1) is 19.4. The molecule has 1 atom stereocenters. The van der Waals surface area contributed by atoms with Crippen molar-refractivity contribution in [2.24, 2.45) is 0 Å². The van der Waals surface area contributed by atoms with Gasteiger partial charge in [0.2, 0.25) is 0 Å². The number of hydrogen-bond acceptors (Lipinski definition) is 5. The Labute approximate surface area is 156 Å². The molecule has 0 bridgehead atoms. The number of ether oxygens (including phenoxy) is 2. The topological polar surface area (TPSA) is 59.1 Å². The molecule has 1 amide bonds. The zero-order valence-electron chi connectivity index (χ0n) is 14.5. The summed E-state index contributed by atoms with van der Waals surface area (Å²) >= 11 is 12.5. The second kappa shape index (κ2) is 7.54. The summed E-state index contributed by atoms with van der Waals surface area (Å²) in [6.45, 7) is 5.51. The van der Waals surface area contributed by atoms with Crippen LogP contribution < -0.4 is 5.01 Å². The van der Waals surface area contributed by atoms with Crippen molar-refractivity contribution in [2.75, 3.05) is 25.3 Å². The molecule has 0 saturated carbocycles. The molecule has 25 heavy (non-hydrogen) atoms. The van der Waals surface area contributed by atoms with Crippen molar-refractivity contribution in [3.05, 3.63) is 40.1 Å². The second-order valence-electron chi connectivity index (χ2n) is 5.52. The molecule has 6 nitrogen and oxygen atoms in total. The Balaban J connectivity index is 2.52. The van der Waals surface area contributed by atoms with E-state index in [1.807, 2.05) is 0 Å². The second-order valence-corrected chi connectivity index (χ2v) is 6.33. The average molecular weight is 387 g/mol. The Morgan fingerprint density at radius 1 is 1.24 bits per heavy atom. The first-order chi connectivity index (χ1) is 11.8. The highest BCUT2D eigenvalue weighted by molar-refractivity contribution is 6.39. The van der Waals surface area contributed by atoms with Gasteiger partial charge in [-0.15, -0.1) is 0 Å². The van der Waals surface area contributed by atoms with Crippen LogP contribution in [0.5, 0.6) is 0 Å². The highest BCUT2D eigenvalue weighted by atomic mass is 35.5. The molecule has 8 heteroatoms. The van der Waals surface area contributed by atoms with Gasteiger partial charge in [0.25, 0.3) is 0 Å². The molecule has 0 saturated heterocycles. The molecule has 0 aromatic heterocycles. The maximum atomic E-state index is 12.9. The fraction of sp³-hybridized carbons (Fsp3) is 0.412. The molecular weight excluding hydrogens is 367 g/mol. The van der Waals surface area contributed by atoms with Gasteiger partial charge in [0.05, 0.1) is 28.9 Å². The fourth-order valence-electron chi connectivity index (χ4n) is 2.72. The van der Waals surface area contributed by atoms with E-state index in [2.05, 4.69) is 0 Å². The fourth-order valence-corrected chi connectivity index (χ4v) is 3.36. The van der Waals surface area contributed by atoms with Crippen LogP contribution >= 0.6 is 23.2 Å². The van der Waals surface area contributed by atoms with Crippen molar-refractivity contribution in [1.82, 2.24) is 5.01 Å². The van der Waals surface area contributed by atoms with Crippen LogP contribution in [0.2, 0.25) is 10.0 Å². The van der Waals surface area contributed by atoms with Gasteiger partial charge in [-0.3, -0.25) is 9.80 Å². The molecule has 0 N–H and O–H groups in total. The summed E-state index contributed by atoms with van der Waals surface area (Å²) in [5.74, 6) is -0.975. The third kappa shape index (κ3) is 3.41. The number of anilines is 1. The first-order valence-corrected chi connectivity index (χ1v) is 8.58. The number of hydrogen-bond donors (Lipinski definition) is 0. The normalized spacial score (nSPS) is 19.7.